The molecule has 1 heterocycles. The number of pyridine rings is 1. The first-order valence-electron chi connectivity index (χ1n) is 7.07. The van der Waals surface area contributed by atoms with E-state index in [1.807, 2.05) is 0 Å². The summed E-state index contributed by atoms with van der Waals surface area (Å²) in [6, 6.07) is -1.03. The average molecular weight is 374 g/mol. The number of aryl methyl sites for hydroxylation is 1. The summed E-state index contributed by atoms with van der Waals surface area (Å²) in [5, 5.41) is 19.0. The van der Waals surface area contributed by atoms with Crippen molar-refractivity contribution < 1.29 is 38.3 Å². The van der Waals surface area contributed by atoms with E-state index >= 15 is 0 Å². The zero-order valence-corrected chi connectivity index (χ0v) is 13.9. The van der Waals surface area contributed by atoms with Crippen LogP contribution in [0.3, 0.4) is 0 Å². The molecular formula is C14H16FN2O7P. The molecule has 0 aromatic carbocycles. The monoisotopic (exact) mass is 374 g/mol. The molecule has 136 valence electrons. The molecule has 1 aliphatic carbocycles. The zero-order chi connectivity index (χ0) is 18.8. The minimum atomic E-state index is -4.74. The number of aliphatic carboxylic acids is 1. The molecule has 0 unspecified atom stereocenters. The largest absolute Gasteiger partial charge is 0.505 e. The van der Waals surface area contributed by atoms with E-state index in [9.17, 15) is 18.9 Å². The van der Waals surface area contributed by atoms with Crippen molar-refractivity contribution in [3.8, 4) is 5.75 Å². The first-order chi connectivity index (χ1) is 11.6. The van der Waals surface area contributed by atoms with E-state index in [1.165, 1.54) is 19.2 Å². The molecule has 0 bridgehead atoms. The van der Waals surface area contributed by atoms with Crippen molar-refractivity contribution in [3.63, 3.8) is 0 Å². The topological polar surface area (TPSA) is 150 Å². The Bertz CT molecular complexity index is 790. The number of phosphoric acid groups is 1. The van der Waals surface area contributed by atoms with Crippen LogP contribution in [0, 0.1) is 6.92 Å². The van der Waals surface area contributed by atoms with Gasteiger partial charge in [0.1, 0.15) is 18.0 Å². The van der Waals surface area contributed by atoms with Crippen molar-refractivity contribution in [1.29, 1.82) is 0 Å². The Labute approximate surface area is 141 Å². The summed E-state index contributed by atoms with van der Waals surface area (Å²) in [6.45, 7) is 0.947. The van der Waals surface area contributed by atoms with Crippen molar-refractivity contribution in [2.75, 3.05) is 0 Å². The standard InChI is InChI=1S/C14H16FN2O7P/c1-7-13(18)10(9(4-16-7)6-24-25(21,22)23)5-17-12-3-8(14(19)20)2-11(12)15/h3-5,11-12,18H,2,6H2,1H3,(H,19,20)(H2,21,22,23)/t11-,12-/m0/s1. The minimum Gasteiger partial charge on any atom is -0.505 e. The molecule has 0 amide bonds. The van der Waals surface area contributed by atoms with Crippen LogP contribution in [0.2, 0.25) is 0 Å². The fraction of sp³-hybridized carbons (Fsp3) is 0.357. The summed E-state index contributed by atoms with van der Waals surface area (Å²) >= 11 is 0. The number of phosphoric ester groups is 1. The van der Waals surface area contributed by atoms with Crippen molar-refractivity contribution in [2.45, 2.75) is 32.2 Å². The highest BCUT2D eigenvalue weighted by Gasteiger charge is 2.30. The molecule has 25 heavy (non-hydrogen) atoms. The molecule has 0 saturated heterocycles. The zero-order valence-electron chi connectivity index (χ0n) is 13.0. The Hall–Kier alpha value is -2.13. The number of carbonyl (C=O) groups is 1. The van der Waals surface area contributed by atoms with Crippen molar-refractivity contribution in [1.82, 2.24) is 4.98 Å². The molecule has 0 fully saturated rings. The molecular weight excluding hydrogens is 358 g/mol. The highest BCUT2D eigenvalue weighted by atomic mass is 31.2. The van der Waals surface area contributed by atoms with Crippen LogP contribution in [0.5, 0.6) is 5.75 Å². The van der Waals surface area contributed by atoms with Crippen LogP contribution >= 0.6 is 7.82 Å². The lowest BCUT2D eigenvalue weighted by Crippen LogP contribution is -2.13. The third-order valence-corrected chi connectivity index (χ3v) is 4.02. The minimum absolute atomic E-state index is 0.0605. The third kappa shape index (κ3) is 4.93. The Kier molecular flexibility index (Phi) is 5.69. The van der Waals surface area contributed by atoms with Crippen LogP contribution in [-0.4, -0.2) is 49.4 Å². The van der Waals surface area contributed by atoms with Gasteiger partial charge in [-0.3, -0.25) is 14.5 Å². The Balaban J connectivity index is 2.30. The number of nitrogens with zero attached hydrogens (tertiary/aromatic N) is 2. The molecule has 9 nitrogen and oxygen atoms in total. The van der Waals surface area contributed by atoms with Crippen LogP contribution < -0.4 is 0 Å². The molecule has 11 heteroatoms. The van der Waals surface area contributed by atoms with E-state index in [1.54, 1.807) is 0 Å². The molecule has 0 spiro atoms. The summed E-state index contributed by atoms with van der Waals surface area (Å²) in [6.07, 6.45) is 1.75. The van der Waals surface area contributed by atoms with Gasteiger partial charge in [0.15, 0.2) is 0 Å². The number of alkyl halides is 1. The summed E-state index contributed by atoms with van der Waals surface area (Å²) in [5.41, 5.74) is 0.331. The number of carboxylic acid groups (broad SMARTS) is 1. The number of hydrogen-bond acceptors (Lipinski definition) is 6. The predicted molar refractivity (Wildman–Crippen MR) is 84.1 cm³/mol. The van der Waals surface area contributed by atoms with E-state index in [2.05, 4.69) is 14.5 Å². The molecule has 4 N–H and O–H groups in total. The van der Waals surface area contributed by atoms with E-state index in [4.69, 9.17) is 14.9 Å². The number of rotatable bonds is 6. The second-order valence-corrected chi connectivity index (χ2v) is 6.62. The van der Waals surface area contributed by atoms with Gasteiger partial charge in [-0.15, -0.1) is 0 Å². The maximum Gasteiger partial charge on any atom is 0.469 e. The Morgan fingerprint density at radius 2 is 2.24 bits per heavy atom. The lowest BCUT2D eigenvalue weighted by Gasteiger charge is -2.11. The fourth-order valence-corrected chi connectivity index (χ4v) is 2.54. The van der Waals surface area contributed by atoms with Gasteiger partial charge in [0.05, 0.1) is 12.3 Å². The summed E-state index contributed by atoms with van der Waals surface area (Å²) < 4.78 is 29.1. The molecule has 2 atom stereocenters. The smallest absolute Gasteiger partial charge is 0.469 e. The average Bonchev–Trinajstić information content (AvgIpc) is 2.88. The first-order valence-corrected chi connectivity index (χ1v) is 8.60. The molecule has 0 aliphatic heterocycles. The van der Waals surface area contributed by atoms with Crippen LogP contribution in [0.15, 0.2) is 22.8 Å². The Morgan fingerprint density at radius 1 is 1.56 bits per heavy atom. The van der Waals surface area contributed by atoms with Crippen LogP contribution in [0.1, 0.15) is 23.2 Å². The van der Waals surface area contributed by atoms with Gasteiger partial charge >= 0.3 is 13.8 Å². The van der Waals surface area contributed by atoms with Gasteiger partial charge in [-0.25, -0.2) is 13.8 Å². The number of hydrogen-bond donors (Lipinski definition) is 4. The second kappa shape index (κ2) is 7.40. The van der Waals surface area contributed by atoms with E-state index in [0.29, 0.717) is 0 Å². The quantitative estimate of drug-likeness (QED) is 0.429. The fourth-order valence-electron chi connectivity index (χ4n) is 2.23. The van der Waals surface area contributed by atoms with Crippen molar-refractivity contribution in [2.24, 2.45) is 4.99 Å². The molecule has 2 rings (SSSR count). The second-order valence-electron chi connectivity index (χ2n) is 5.38. The molecule has 0 radical (unpaired) electrons. The van der Waals surface area contributed by atoms with Crippen LogP contribution in [0.4, 0.5) is 4.39 Å². The highest BCUT2D eigenvalue weighted by molar-refractivity contribution is 7.46. The maximum atomic E-state index is 13.9. The van der Waals surface area contributed by atoms with Crippen molar-refractivity contribution in [3.05, 3.63) is 34.7 Å². The van der Waals surface area contributed by atoms with Gasteiger partial charge in [-0.2, -0.15) is 0 Å². The number of carboxylic acids is 1. The van der Waals surface area contributed by atoms with Crippen LogP contribution in [-0.2, 0) is 20.5 Å². The van der Waals surface area contributed by atoms with Crippen LogP contribution in [0.25, 0.3) is 0 Å². The van der Waals surface area contributed by atoms with Gasteiger partial charge in [0.2, 0.25) is 0 Å². The van der Waals surface area contributed by atoms with Gasteiger partial charge in [-0.05, 0) is 13.0 Å². The van der Waals surface area contributed by atoms with Crippen molar-refractivity contribution >= 4 is 20.0 Å². The number of halogens is 1. The summed E-state index contributed by atoms with van der Waals surface area (Å²) in [5.74, 6) is -1.52. The van der Waals surface area contributed by atoms with Gasteiger partial charge in [-0.1, -0.05) is 0 Å². The Morgan fingerprint density at radius 3 is 2.80 bits per heavy atom. The summed E-state index contributed by atoms with van der Waals surface area (Å²) in [4.78, 5) is 36.2. The first kappa shape index (κ1) is 19.2. The normalized spacial score (nSPS) is 20.9. The number of aromatic hydroxyl groups is 1. The lowest BCUT2D eigenvalue weighted by molar-refractivity contribution is -0.132. The van der Waals surface area contributed by atoms with Gasteiger partial charge in [0, 0.05) is 35.5 Å². The van der Waals surface area contributed by atoms with E-state index in [0.717, 1.165) is 6.21 Å². The molecule has 1 aromatic rings. The highest BCUT2D eigenvalue weighted by Crippen LogP contribution is 2.37. The third-order valence-electron chi connectivity index (χ3n) is 3.55. The van der Waals surface area contributed by atoms with E-state index in [-0.39, 0.29) is 34.6 Å². The maximum absolute atomic E-state index is 13.9. The summed E-state index contributed by atoms with van der Waals surface area (Å²) in [7, 11) is -4.74. The van der Waals surface area contributed by atoms with E-state index < -0.39 is 32.6 Å². The lowest BCUT2D eigenvalue weighted by atomic mass is 10.1. The predicted octanol–water partition coefficient (Wildman–Crippen LogP) is 1.25. The SMILES string of the molecule is Cc1ncc(COP(=O)(O)O)c(C=N[C@H]2C=C(C(=O)O)C[C@@H]2F)c1O. The molecule has 1 aromatic heterocycles. The number of aliphatic imine (C=N–C) groups is 1. The van der Waals surface area contributed by atoms with Gasteiger partial charge in [0.25, 0.3) is 0 Å². The van der Waals surface area contributed by atoms with Gasteiger partial charge < -0.3 is 20.0 Å². The molecule has 0 saturated carbocycles. The molecule has 1 aliphatic rings. The number of aromatic nitrogens is 1.